The van der Waals surface area contributed by atoms with Crippen LogP contribution >= 0.6 is 0 Å². The van der Waals surface area contributed by atoms with Crippen LogP contribution in [0.25, 0.3) is 0 Å². The van der Waals surface area contributed by atoms with Crippen molar-refractivity contribution in [3.8, 4) is 0 Å². The molecule has 3 rings (SSSR count). The second-order valence-corrected chi connectivity index (χ2v) is 5.23. The van der Waals surface area contributed by atoms with Crippen LogP contribution in [-0.2, 0) is 23.8 Å². The van der Waals surface area contributed by atoms with E-state index in [1.54, 1.807) is 0 Å². The Morgan fingerprint density at radius 1 is 1.19 bits per heavy atom. The van der Waals surface area contributed by atoms with Gasteiger partial charge in [-0.1, -0.05) is 6.08 Å². The van der Waals surface area contributed by atoms with Gasteiger partial charge >= 0.3 is 11.9 Å². The zero-order chi connectivity index (χ0) is 15.2. The summed E-state index contributed by atoms with van der Waals surface area (Å²) >= 11 is 0. The number of allylic oxidation sites excluding steroid dienone is 1. The fourth-order valence-electron chi connectivity index (χ4n) is 2.03. The van der Waals surface area contributed by atoms with E-state index in [2.05, 4.69) is 0 Å². The maximum absolute atomic E-state index is 10.6. The van der Waals surface area contributed by atoms with Gasteiger partial charge in [-0.3, -0.25) is 4.79 Å². The van der Waals surface area contributed by atoms with Gasteiger partial charge in [0.15, 0.2) is 0 Å². The molecule has 0 aromatic heterocycles. The molecule has 118 valence electrons. The number of carboxylic acid groups (broad SMARTS) is 2. The van der Waals surface area contributed by atoms with E-state index in [1.807, 2.05) is 0 Å². The second kappa shape index (κ2) is 7.53. The third kappa shape index (κ3) is 5.82. The van der Waals surface area contributed by atoms with Crippen LogP contribution in [0.4, 0.5) is 0 Å². The van der Waals surface area contributed by atoms with E-state index in [1.165, 1.54) is 6.08 Å². The molecule has 2 fully saturated rings. The summed E-state index contributed by atoms with van der Waals surface area (Å²) in [7, 11) is 0. The van der Waals surface area contributed by atoms with Crippen molar-refractivity contribution in [1.29, 1.82) is 0 Å². The molecule has 21 heavy (non-hydrogen) atoms. The molecule has 2 saturated heterocycles. The number of aliphatic carboxylic acids is 2. The molecule has 0 bridgehead atoms. The van der Waals surface area contributed by atoms with Crippen LogP contribution < -0.4 is 0 Å². The van der Waals surface area contributed by atoms with Gasteiger partial charge in [0.2, 0.25) is 0 Å². The van der Waals surface area contributed by atoms with Gasteiger partial charge in [-0.25, -0.2) is 4.79 Å². The van der Waals surface area contributed by atoms with Crippen LogP contribution in [-0.4, -0.2) is 60.8 Å². The molecular formula is C14H20O7. The Hall–Kier alpha value is -1.44. The molecule has 0 amide bonds. The predicted molar refractivity (Wildman–Crippen MR) is 71.0 cm³/mol. The molecule has 0 saturated carbocycles. The van der Waals surface area contributed by atoms with Crippen LogP contribution in [0.3, 0.4) is 0 Å². The first-order valence-electron chi connectivity index (χ1n) is 7.05. The van der Waals surface area contributed by atoms with Crippen LogP contribution in [0.5, 0.6) is 0 Å². The van der Waals surface area contributed by atoms with E-state index in [4.69, 9.17) is 24.4 Å². The third-order valence-electron chi connectivity index (χ3n) is 3.39. The molecule has 7 nitrogen and oxygen atoms in total. The molecule has 0 radical (unpaired) electrons. The molecule has 7 heteroatoms. The monoisotopic (exact) mass is 300 g/mol. The van der Waals surface area contributed by atoms with Gasteiger partial charge in [-0.15, -0.1) is 0 Å². The molecule has 3 aliphatic rings. The average molecular weight is 300 g/mol. The molecule has 2 heterocycles. The standard InChI is InChI=1S/C8H10O4.C6H10O3/c9-7(10)5-3-1-2-4-6(5)8(11)12;1(5-3-8-5)7-2-6-4-9-6/h3,6H,1-2,4H2,(H,9,10)(H,11,12);5-6H,1-4H2. The van der Waals surface area contributed by atoms with Crippen LogP contribution in [0.15, 0.2) is 11.6 Å². The summed E-state index contributed by atoms with van der Waals surface area (Å²) < 4.78 is 15.1. The summed E-state index contributed by atoms with van der Waals surface area (Å²) in [6, 6.07) is 0. The summed E-state index contributed by atoms with van der Waals surface area (Å²) in [5.74, 6) is -2.96. The Morgan fingerprint density at radius 2 is 1.76 bits per heavy atom. The summed E-state index contributed by atoms with van der Waals surface area (Å²) in [6.45, 7) is 3.26. The quantitative estimate of drug-likeness (QED) is 0.694. The normalized spacial score (nSPS) is 29.7. The predicted octanol–water partition coefficient (Wildman–Crippen LogP) is 0.683. The van der Waals surface area contributed by atoms with E-state index < -0.39 is 17.9 Å². The van der Waals surface area contributed by atoms with E-state index in [-0.39, 0.29) is 5.57 Å². The minimum absolute atomic E-state index is 0.0359. The summed E-state index contributed by atoms with van der Waals surface area (Å²) in [5.41, 5.74) is 0.0359. The molecule has 3 atom stereocenters. The Labute approximate surface area is 122 Å². The number of carboxylic acids is 2. The van der Waals surface area contributed by atoms with Crippen LogP contribution in [0.2, 0.25) is 0 Å². The molecular weight excluding hydrogens is 280 g/mol. The van der Waals surface area contributed by atoms with E-state index in [0.717, 1.165) is 32.8 Å². The molecule has 1 aliphatic carbocycles. The first-order chi connectivity index (χ1) is 10.1. The van der Waals surface area contributed by atoms with Gasteiger partial charge in [0, 0.05) is 5.57 Å². The smallest absolute Gasteiger partial charge is 0.332 e. The second-order valence-electron chi connectivity index (χ2n) is 5.23. The van der Waals surface area contributed by atoms with Gasteiger partial charge in [0.25, 0.3) is 0 Å². The number of hydrogen-bond donors (Lipinski definition) is 2. The van der Waals surface area contributed by atoms with E-state index >= 15 is 0 Å². The van der Waals surface area contributed by atoms with Crippen molar-refractivity contribution in [1.82, 2.24) is 0 Å². The molecule has 0 aromatic rings. The number of epoxide rings is 2. The highest BCUT2D eigenvalue weighted by atomic mass is 16.6. The van der Waals surface area contributed by atoms with Gasteiger partial charge in [0.05, 0.1) is 32.3 Å². The first kappa shape index (κ1) is 15.9. The zero-order valence-electron chi connectivity index (χ0n) is 11.7. The summed E-state index contributed by atoms with van der Waals surface area (Å²) in [5, 5.41) is 17.3. The Bertz CT molecular complexity index is 398. The molecule has 3 unspecified atom stereocenters. The Balaban J connectivity index is 0.000000159. The highest BCUT2D eigenvalue weighted by Gasteiger charge is 2.28. The maximum Gasteiger partial charge on any atom is 0.332 e. The minimum Gasteiger partial charge on any atom is -0.481 e. The van der Waals surface area contributed by atoms with Gasteiger partial charge in [0.1, 0.15) is 12.2 Å². The summed E-state index contributed by atoms with van der Waals surface area (Å²) in [4.78, 5) is 21.1. The SMILES string of the molecule is C(OCC1CO1)C1CO1.O=C(O)C1=CCCCC1C(=O)O. The van der Waals surface area contributed by atoms with Crippen molar-refractivity contribution in [3.05, 3.63) is 11.6 Å². The number of hydrogen-bond acceptors (Lipinski definition) is 5. The lowest BCUT2D eigenvalue weighted by molar-refractivity contribution is -0.144. The van der Waals surface area contributed by atoms with Crippen molar-refractivity contribution in [2.24, 2.45) is 5.92 Å². The highest BCUT2D eigenvalue weighted by Crippen LogP contribution is 2.24. The van der Waals surface area contributed by atoms with Crippen molar-refractivity contribution in [2.45, 2.75) is 31.5 Å². The number of ether oxygens (including phenoxy) is 3. The molecule has 2 aliphatic heterocycles. The van der Waals surface area contributed by atoms with Gasteiger partial charge < -0.3 is 24.4 Å². The Morgan fingerprint density at radius 3 is 2.14 bits per heavy atom. The van der Waals surface area contributed by atoms with Gasteiger partial charge in [-0.2, -0.15) is 0 Å². The highest BCUT2D eigenvalue weighted by molar-refractivity contribution is 5.94. The zero-order valence-corrected chi connectivity index (χ0v) is 11.7. The van der Waals surface area contributed by atoms with Crippen molar-refractivity contribution in [2.75, 3.05) is 26.4 Å². The lowest BCUT2D eigenvalue weighted by atomic mass is 9.88. The van der Waals surface area contributed by atoms with Crippen molar-refractivity contribution in [3.63, 3.8) is 0 Å². The largest absolute Gasteiger partial charge is 0.481 e. The lowest BCUT2D eigenvalue weighted by Gasteiger charge is -2.16. The third-order valence-corrected chi connectivity index (χ3v) is 3.39. The molecule has 0 spiro atoms. The van der Waals surface area contributed by atoms with E-state index in [0.29, 0.717) is 25.0 Å². The fraction of sp³-hybridized carbons (Fsp3) is 0.714. The Kier molecular flexibility index (Phi) is 5.72. The molecule has 0 aromatic carbocycles. The number of rotatable bonds is 6. The minimum atomic E-state index is -1.11. The molecule has 2 N–H and O–H groups in total. The topological polar surface area (TPSA) is 109 Å². The van der Waals surface area contributed by atoms with Gasteiger partial charge in [-0.05, 0) is 19.3 Å². The lowest BCUT2D eigenvalue weighted by Crippen LogP contribution is -2.23. The maximum atomic E-state index is 10.6. The van der Waals surface area contributed by atoms with Crippen LogP contribution in [0.1, 0.15) is 19.3 Å². The van der Waals surface area contributed by atoms with Crippen molar-refractivity contribution >= 4 is 11.9 Å². The van der Waals surface area contributed by atoms with Crippen LogP contribution in [0, 0.1) is 5.92 Å². The number of carbonyl (C=O) groups is 2. The first-order valence-corrected chi connectivity index (χ1v) is 7.05. The van der Waals surface area contributed by atoms with Crippen molar-refractivity contribution < 1.29 is 34.0 Å². The fourth-order valence-corrected chi connectivity index (χ4v) is 2.03. The summed E-state index contributed by atoms with van der Waals surface area (Å²) in [6.07, 6.45) is 4.16. The van der Waals surface area contributed by atoms with E-state index in [9.17, 15) is 9.59 Å². The average Bonchev–Trinajstić information content (AvgIpc) is 3.34.